The van der Waals surface area contributed by atoms with Crippen molar-refractivity contribution in [2.24, 2.45) is 45.3 Å². The summed E-state index contributed by atoms with van der Waals surface area (Å²) >= 11 is 0. The van der Waals surface area contributed by atoms with E-state index in [1.54, 1.807) is 0 Å². The highest BCUT2D eigenvalue weighted by atomic mass is 16.7. The summed E-state index contributed by atoms with van der Waals surface area (Å²) in [6.07, 6.45) is -11.3. The Bertz CT molecular complexity index is 1710. The number of rotatable bonds is 14. The van der Waals surface area contributed by atoms with E-state index in [2.05, 4.69) is 53.7 Å². The summed E-state index contributed by atoms with van der Waals surface area (Å²) in [6.45, 7) is 14.1. The molecule has 0 aromatic rings. The second-order valence-corrected chi connectivity index (χ2v) is 22.1. The lowest BCUT2D eigenvalue weighted by Gasteiger charge is -2.67. The summed E-state index contributed by atoms with van der Waals surface area (Å²) in [6, 6.07) is 0. The molecule has 0 aromatic heterocycles. The molecule has 12 N–H and O–H groups in total. The molecule has 0 spiro atoms. The number of aliphatic hydroxyl groups excluding tert-OH is 12. The van der Waals surface area contributed by atoms with Gasteiger partial charge in [-0.15, -0.1) is 0 Å². The summed E-state index contributed by atoms with van der Waals surface area (Å²) in [5.41, 5.74) is 1.13. The number of hydrogen-bond acceptors (Lipinski definition) is 18. The number of aliphatic hydroxyl groups is 12. The molecule has 24 atom stereocenters. The van der Waals surface area contributed by atoms with E-state index in [1.807, 2.05) is 6.92 Å². The third-order valence-electron chi connectivity index (χ3n) is 18.3. The van der Waals surface area contributed by atoms with Gasteiger partial charge in [-0.3, -0.25) is 0 Å². The quantitative estimate of drug-likeness (QED) is 0.100. The van der Waals surface area contributed by atoms with Crippen molar-refractivity contribution in [3.05, 3.63) is 23.3 Å². The van der Waals surface area contributed by atoms with Crippen LogP contribution in [-0.4, -0.2) is 192 Å². The minimum Gasteiger partial charge on any atom is -0.394 e. The first-order valence-electron chi connectivity index (χ1n) is 24.2. The molecule has 0 unspecified atom stereocenters. The second-order valence-electron chi connectivity index (χ2n) is 22.1. The molecule has 3 heterocycles. The molecule has 380 valence electrons. The van der Waals surface area contributed by atoms with Crippen LogP contribution in [0.2, 0.25) is 0 Å². The van der Waals surface area contributed by atoms with Gasteiger partial charge in [0.15, 0.2) is 18.9 Å². The van der Waals surface area contributed by atoms with E-state index in [9.17, 15) is 61.3 Å². The predicted molar refractivity (Wildman–Crippen MR) is 234 cm³/mol. The zero-order chi connectivity index (χ0) is 48.4. The van der Waals surface area contributed by atoms with Crippen molar-refractivity contribution in [3.63, 3.8) is 0 Å². The highest BCUT2D eigenvalue weighted by molar-refractivity contribution is 5.32. The first-order valence-corrected chi connectivity index (χ1v) is 24.2. The fraction of sp³-hybridized carbons (Fsp3) is 0.917. The molecule has 3 saturated heterocycles. The Balaban J connectivity index is 0.944. The lowest BCUT2D eigenvalue weighted by atomic mass is 9.38. The normalized spacial score (nSPS) is 51.1. The monoisotopic (exact) mass is 945 g/mol. The minimum absolute atomic E-state index is 0.0218. The molecule has 4 aliphatic carbocycles. The van der Waals surface area contributed by atoms with Crippen LogP contribution >= 0.6 is 0 Å². The Morgan fingerprint density at radius 3 is 1.85 bits per heavy atom. The maximum Gasteiger partial charge on any atom is 0.187 e. The van der Waals surface area contributed by atoms with E-state index in [1.165, 1.54) is 5.57 Å². The van der Waals surface area contributed by atoms with Gasteiger partial charge in [-0.25, -0.2) is 0 Å². The largest absolute Gasteiger partial charge is 0.394 e. The molecule has 7 rings (SSSR count). The van der Waals surface area contributed by atoms with E-state index in [0.717, 1.165) is 44.1 Å². The van der Waals surface area contributed by atoms with Gasteiger partial charge < -0.3 is 89.7 Å². The van der Waals surface area contributed by atoms with E-state index in [-0.39, 0.29) is 40.8 Å². The second kappa shape index (κ2) is 20.1. The fourth-order valence-corrected chi connectivity index (χ4v) is 13.9. The molecular weight excluding hydrogens is 865 g/mol. The van der Waals surface area contributed by atoms with Gasteiger partial charge >= 0.3 is 0 Å². The van der Waals surface area contributed by atoms with E-state index >= 15 is 0 Å². The molecule has 66 heavy (non-hydrogen) atoms. The predicted octanol–water partition coefficient (Wildman–Crippen LogP) is -0.249. The third-order valence-corrected chi connectivity index (χ3v) is 18.3. The van der Waals surface area contributed by atoms with E-state index in [0.29, 0.717) is 24.7 Å². The third kappa shape index (κ3) is 9.04. The maximum absolute atomic E-state index is 12.5. The summed E-state index contributed by atoms with van der Waals surface area (Å²) < 4.78 is 34.7. The molecule has 3 aliphatic heterocycles. The summed E-state index contributed by atoms with van der Waals surface area (Å²) in [4.78, 5) is 0. The Kier molecular flexibility index (Phi) is 16.0. The average molecular weight is 945 g/mol. The summed E-state index contributed by atoms with van der Waals surface area (Å²) in [7, 11) is 0. The Labute approximate surface area is 388 Å². The van der Waals surface area contributed by atoms with Crippen molar-refractivity contribution < 1.29 is 89.7 Å². The van der Waals surface area contributed by atoms with Crippen LogP contribution in [0.3, 0.4) is 0 Å². The average Bonchev–Trinajstić information content (AvgIpc) is 3.55. The minimum atomic E-state index is -1.67. The summed E-state index contributed by atoms with van der Waals surface area (Å²) in [5, 5.41) is 126. The Morgan fingerprint density at radius 1 is 0.697 bits per heavy atom. The molecule has 0 radical (unpaired) electrons. The van der Waals surface area contributed by atoms with Crippen LogP contribution in [0.4, 0.5) is 0 Å². The van der Waals surface area contributed by atoms with Crippen molar-refractivity contribution in [2.75, 3.05) is 26.4 Å². The standard InChI is InChI=1S/C48H80O18/c1-22(20-61-42-40(59)38(57)35(54)29(65-42)21-62-43-39(58)36(55)33(52)27(18-49)63-43)9-8-10-23(2)24-15-16-46(5)30-13-11-25-26(48(30,7)31(51)17-47(24,46)6)12-14-32(45(25,3)4)66-44-41(60)37(56)34(53)28(19-50)64-44/h9,11,23-24,26-44,49-60H,8,10,12-21H2,1-7H3/b22-9+/t23-,24-,26+,27-,28-,29-,30-,31-,32-,33-,34-,35-,36+,37+,38+,39-,40-,41-,42-,43-,44+,46-,47+,48-/m0/s1. The zero-order valence-electron chi connectivity index (χ0n) is 39.6. The van der Waals surface area contributed by atoms with Gasteiger partial charge in [0.1, 0.15) is 73.2 Å². The summed E-state index contributed by atoms with van der Waals surface area (Å²) in [5.74, 6) is 1.11. The van der Waals surface area contributed by atoms with E-state index < -0.39 is 123 Å². The molecule has 0 aromatic carbocycles. The van der Waals surface area contributed by atoms with Crippen LogP contribution in [0.1, 0.15) is 99.8 Å². The van der Waals surface area contributed by atoms with Gasteiger partial charge in [0.05, 0.1) is 38.6 Å². The molecule has 7 aliphatic rings. The van der Waals surface area contributed by atoms with Crippen LogP contribution in [-0.2, 0) is 28.4 Å². The van der Waals surface area contributed by atoms with Gasteiger partial charge in [-0.2, -0.15) is 0 Å². The van der Waals surface area contributed by atoms with Crippen molar-refractivity contribution >= 4 is 0 Å². The van der Waals surface area contributed by atoms with Gasteiger partial charge in [-0.1, -0.05) is 64.8 Å². The molecule has 0 bridgehead atoms. The number of allylic oxidation sites excluding steroid dienone is 2. The molecule has 3 saturated carbocycles. The van der Waals surface area contributed by atoms with Gasteiger partial charge in [-0.05, 0) is 92.8 Å². The fourth-order valence-electron chi connectivity index (χ4n) is 13.9. The van der Waals surface area contributed by atoms with Gasteiger partial charge in [0.2, 0.25) is 0 Å². The first kappa shape index (κ1) is 52.6. The molecule has 6 fully saturated rings. The number of ether oxygens (including phenoxy) is 6. The Hall–Kier alpha value is -1.24. The van der Waals surface area contributed by atoms with Crippen LogP contribution < -0.4 is 0 Å². The smallest absolute Gasteiger partial charge is 0.187 e. The van der Waals surface area contributed by atoms with E-state index in [4.69, 9.17) is 28.4 Å². The highest BCUT2D eigenvalue weighted by Gasteiger charge is 2.70. The molecule has 18 heteroatoms. The van der Waals surface area contributed by atoms with Gasteiger partial charge in [0, 0.05) is 10.8 Å². The lowest BCUT2D eigenvalue weighted by molar-refractivity contribution is -0.330. The van der Waals surface area contributed by atoms with Crippen LogP contribution in [0.25, 0.3) is 0 Å². The highest BCUT2D eigenvalue weighted by Crippen LogP contribution is 2.75. The maximum atomic E-state index is 12.5. The molecule has 0 amide bonds. The van der Waals surface area contributed by atoms with Crippen molar-refractivity contribution in [2.45, 2.75) is 204 Å². The van der Waals surface area contributed by atoms with Gasteiger partial charge in [0.25, 0.3) is 0 Å². The SMILES string of the molecule is C/C(=C\CC[C@H](C)[C@@H]1CC[C@@]2(C)[C@@H]3CC=C4[C@@H](CC[C@H](O[C@H]5O[C@@H](CO)[C@H](O)[C@@H](O)[C@@H]5O)C4(C)C)[C@]3(C)[C@@H](O)C[C@]12C)CO[C@H]1O[C@@H](CO[C@H]2O[C@@H](CO)[C@H](O)[C@@H](O)[C@@H]2O)[C@H](O)[C@@H](O)[C@@H]1O. The van der Waals surface area contributed by atoms with Crippen LogP contribution in [0.5, 0.6) is 0 Å². The van der Waals surface area contributed by atoms with Crippen molar-refractivity contribution in [3.8, 4) is 0 Å². The molecule has 18 nitrogen and oxygen atoms in total. The van der Waals surface area contributed by atoms with Crippen LogP contribution in [0, 0.1) is 45.3 Å². The number of fused-ring (bicyclic) bond motifs is 5. The zero-order valence-corrected chi connectivity index (χ0v) is 39.6. The molecular formula is C48H80O18. The van der Waals surface area contributed by atoms with Crippen molar-refractivity contribution in [1.29, 1.82) is 0 Å². The first-order chi connectivity index (χ1) is 31.0. The topological polar surface area (TPSA) is 298 Å². The van der Waals surface area contributed by atoms with Crippen molar-refractivity contribution in [1.82, 2.24) is 0 Å². The lowest BCUT2D eigenvalue weighted by Crippen LogP contribution is -2.65. The Morgan fingerprint density at radius 2 is 1.24 bits per heavy atom. The number of hydrogen-bond donors (Lipinski definition) is 12. The van der Waals surface area contributed by atoms with Crippen LogP contribution in [0.15, 0.2) is 23.3 Å².